The Kier molecular flexibility index (Phi) is 7.65. The van der Waals surface area contributed by atoms with Crippen LogP contribution in [0, 0.1) is 23.7 Å². The largest absolute Gasteiger partial charge is 0.412 e. The maximum atomic E-state index is 14.5. The first kappa shape index (κ1) is 21.4. The zero-order valence-corrected chi connectivity index (χ0v) is 15.2. The van der Waals surface area contributed by atoms with Crippen molar-refractivity contribution < 1.29 is 26.3 Å². The molecule has 0 aliphatic heterocycles. The van der Waals surface area contributed by atoms with E-state index in [2.05, 4.69) is 6.92 Å². The lowest BCUT2D eigenvalue weighted by molar-refractivity contribution is -0.0821. The van der Waals surface area contributed by atoms with E-state index in [0.717, 1.165) is 25.7 Å². The van der Waals surface area contributed by atoms with E-state index < -0.39 is 35.5 Å². The highest BCUT2D eigenvalue weighted by atomic mass is 19.4. The zero-order chi connectivity index (χ0) is 19.3. The normalized spacial score (nSPS) is 32.3. The van der Waals surface area contributed by atoms with Gasteiger partial charge in [-0.2, -0.15) is 13.2 Å². The molecular formula is C20H28F6. The minimum atomic E-state index is -4.69. The van der Waals surface area contributed by atoms with Gasteiger partial charge in [-0.15, -0.1) is 0 Å². The van der Waals surface area contributed by atoms with E-state index in [1.165, 1.54) is 0 Å². The molecule has 0 aromatic carbocycles. The molecular weight excluding hydrogens is 354 g/mol. The van der Waals surface area contributed by atoms with Crippen molar-refractivity contribution in [3.8, 4) is 0 Å². The van der Waals surface area contributed by atoms with E-state index in [1.54, 1.807) is 0 Å². The second-order valence-electron chi connectivity index (χ2n) is 7.82. The molecule has 150 valence electrons. The number of rotatable bonds is 5. The second kappa shape index (κ2) is 9.32. The van der Waals surface area contributed by atoms with Crippen molar-refractivity contribution in [3.05, 3.63) is 23.6 Å². The minimum absolute atomic E-state index is 0.118. The lowest BCUT2D eigenvalue weighted by Gasteiger charge is -2.30. The van der Waals surface area contributed by atoms with Gasteiger partial charge in [0.25, 0.3) is 0 Å². The average molecular weight is 382 g/mol. The van der Waals surface area contributed by atoms with E-state index in [4.69, 9.17) is 0 Å². The Morgan fingerprint density at radius 3 is 1.62 bits per heavy atom. The van der Waals surface area contributed by atoms with Crippen molar-refractivity contribution in [2.75, 3.05) is 0 Å². The quantitative estimate of drug-likeness (QED) is 0.423. The number of hydrogen-bond donors (Lipinski definition) is 0. The van der Waals surface area contributed by atoms with Gasteiger partial charge in [0, 0.05) is 17.8 Å². The van der Waals surface area contributed by atoms with Gasteiger partial charge in [0.1, 0.15) is 17.5 Å². The molecule has 6 heteroatoms. The van der Waals surface area contributed by atoms with Crippen LogP contribution >= 0.6 is 0 Å². The van der Waals surface area contributed by atoms with Crippen molar-refractivity contribution in [2.45, 2.75) is 77.3 Å². The Morgan fingerprint density at radius 1 is 0.769 bits per heavy atom. The fraction of sp³-hybridized carbons (Fsp3) is 0.800. The molecule has 0 spiro atoms. The highest BCUT2D eigenvalue weighted by Crippen LogP contribution is 2.43. The molecule has 0 radical (unpaired) electrons. The second-order valence-corrected chi connectivity index (χ2v) is 7.82. The van der Waals surface area contributed by atoms with Crippen molar-refractivity contribution in [1.82, 2.24) is 0 Å². The number of allylic oxidation sites excluding steroid dienone is 4. The molecule has 0 bridgehead atoms. The third-order valence-corrected chi connectivity index (χ3v) is 5.91. The first-order valence-electron chi connectivity index (χ1n) is 9.71. The lowest BCUT2D eigenvalue weighted by Crippen LogP contribution is -2.20. The van der Waals surface area contributed by atoms with Gasteiger partial charge in [0.05, 0.1) is 6.08 Å². The summed E-state index contributed by atoms with van der Waals surface area (Å²) < 4.78 is 79.3. The predicted molar refractivity (Wildman–Crippen MR) is 90.3 cm³/mol. The smallest absolute Gasteiger partial charge is 0.212 e. The molecule has 2 fully saturated rings. The minimum Gasteiger partial charge on any atom is -0.212 e. The van der Waals surface area contributed by atoms with E-state index in [0.29, 0.717) is 18.8 Å². The maximum Gasteiger partial charge on any atom is 0.412 e. The Hall–Kier alpha value is -0.940. The molecule has 26 heavy (non-hydrogen) atoms. The fourth-order valence-electron chi connectivity index (χ4n) is 4.40. The van der Waals surface area contributed by atoms with E-state index >= 15 is 0 Å². The summed E-state index contributed by atoms with van der Waals surface area (Å²) in [5.41, 5.74) is 0. The summed E-state index contributed by atoms with van der Waals surface area (Å²) in [7, 11) is 0. The lowest BCUT2D eigenvalue weighted by atomic mass is 9.77. The summed E-state index contributed by atoms with van der Waals surface area (Å²) in [4.78, 5) is 0. The van der Waals surface area contributed by atoms with E-state index in [1.807, 2.05) is 0 Å². The molecule has 0 amide bonds. The average Bonchev–Trinajstić information content (AvgIpc) is 2.60. The Balaban J connectivity index is 1.90. The summed E-state index contributed by atoms with van der Waals surface area (Å²) in [5.74, 6) is -3.85. The third kappa shape index (κ3) is 6.05. The highest BCUT2D eigenvalue weighted by Gasteiger charge is 2.34. The van der Waals surface area contributed by atoms with Gasteiger partial charge in [-0.25, -0.2) is 13.2 Å². The Bertz CT molecular complexity index is 503. The SMILES string of the molecule is CCCC1CCC(C(F)=C(F)C2CCC(C(F)=CC(F)(F)F)CC2)CC1. The monoisotopic (exact) mass is 382 g/mol. The molecule has 0 aromatic heterocycles. The van der Waals surface area contributed by atoms with Crippen LogP contribution in [0.2, 0.25) is 0 Å². The number of alkyl halides is 3. The third-order valence-electron chi connectivity index (χ3n) is 5.91. The van der Waals surface area contributed by atoms with Crippen LogP contribution in [0.1, 0.15) is 71.1 Å². The Labute approximate surface area is 151 Å². The van der Waals surface area contributed by atoms with Crippen LogP contribution in [0.4, 0.5) is 26.3 Å². The highest BCUT2D eigenvalue weighted by molar-refractivity contribution is 5.11. The Morgan fingerprint density at radius 2 is 1.19 bits per heavy atom. The standard InChI is InChI=1S/C20H28F6/c1-2-3-13-4-6-15(7-5-13)18(22)19(23)16-10-8-14(9-11-16)17(21)12-20(24,25)26/h12-16H,2-11H2,1H3. The van der Waals surface area contributed by atoms with Gasteiger partial charge < -0.3 is 0 Å². The van der Waals surface area contributed by atoms with Gasteiger partial charge >= 0.3 is 6.18 Å². The van der Waals surface area contributed by atoms with Crippen LogP contribution in [-0.2, 0) is 0 Å². The predicted octanol–water partition coefficient (Wildman–Crippen LogP) is 7.97. The number of hydrogen-bond acceptors (Lipinski definition) is 0. The summed E-state index contributed by atoms with van der Waals surface area (Å²) in [6, 6.07) is 0. The fourth-order valence-corrected chi connectivity index (χ4v) is 4.40. The molecule has 0 unspecified atom stereocenters. The molecule has 2 aliphatic rings. The first-order valence-corrected chi connectivity index (χ1v) is 9.71. The van der Waals surface area contributed by atoms with Gasteiger partial charge in [-0.1, -0.05) is 19.8 Å². The summed E-state index contributed by atoms with van der Waals surface area (Å²) >= 11 is 0. The van der Waals surface area contributed by atoms with Gasteiger partial charge in [-0.05, 0) is 57.3 Å². The summed E-state index contributed by atoms with van der Waals surface area (Å²) in [6.07, 6.45) is 0.978. The molecule has 2 saturated carbocycles. The van der Waals surface area contributed by atoms with Gasteiger partial charge in [0.2, 0.25) is 0 Å². The molecule has 2 aliphatic carbocycles. The van der Waals surface area contributed by atoms with Crippen molar-refractivity contribution in [2.24, 2.45) is 23.7 Å². The molecule has 0 heterocycles. The van der Waals surface area contributed by atoms with Crippen molar-refractivity contribution >= 4 is 0 Å². The molecule has 0 N–H and O–H groups in total. The van der Waals surface area contributed by atoms with Crippen LogP contribution in [0.5, 0.6) is 0 Å². The van der Waals surface area contributed by atoms with E-state index in [9.17, 15) is 26.3 Å². The summed E-state index contributed by atoms with van der Waals surface area (Å²) in [6.45, 7) is 2.12. The van der Waals surface area contributed by atoms with Crippen LogP contribution < -0.4 is 0 Å². The molecule has 0 nitrogen and oxygen atoms in total. The molecule has 0 aromatic rings. The first-order chi connectivity index (χ1) is 12.2. The van der Waals surface area contributed by atoms with Crippen molar-refractivity contribution in [1.29, 1.82) is 0 Å². The zero-order valence-electron chi connectivity index (χ0n) is 15.2. The van der Waals surface area contributed by atoms with Crippen LogP contribution in [0.25, 0.3) is 0 Å². The topological polar surface area (TPSA) is 0 Å². The van der Waals surface area contributed by atoms with Gasteiger partial charge in [-0.3, -0.25) is 0 Å². The summed E-state index contributed by atoms with van der Waals surface area (Å²) in [5, 5.41) is 0. The number of halogens is 6. The van der Waals surface area contributed by atoms with Crippen LogP contribution in [-0.4, -0.2) is 6.18 Å². The molecule has 0 atom stereocenters. The maximum absolute atomic E-state index is 14.5. The molecule has 0 saturated heterocycles. The van der Waals surface area contributed by atoms with Gasteiger partial charge in [0.15, 0.2) is 0 Å². The molecule has 2 rings (SSSR count). The van der Waals surface area contributed by atoms with Crippen LogP contribution in [0.15, 0.2) is 23.6 Å². The van der Waals surface area contributed by atoms with Crippen LogP contribution in [0.3, 0.4) is 0 Å². The van der Waals surface area contributed by atoms with E-state index in [-0.39, 0.29) is 37.7 Å². The van der Waals surface area contributed by atoms with Crippen molar-refractivity contribution in [3.63, 3.8) is 0 Å².